The number of anilines is 1. The van der Waals surface area contributed by atoms with E-state index in [0.717, 1.165) is 36.9 Å². The summed E-state index contributed by atoms with van der Waals surface area (Å²) in [6.45, 7) is 0.0215. The van der Waals surface area contributed by atoms with Crippen LogP contribution in [0.3, 0.4) is 0 Å². The number of hydrogen-bond acceptors (Lipinski definition) is 3. The van der Waals surface area contributed by atoms with E-state index in [0.29, 0.717) is 17.4 Å². The second-order valence-electron chi connectivity index (χ2n) is 8.14. The number of carbonyl (C=O) groups is 1. The SMILES string of the molecule is O=C(Nc1ccc(Cl)cc1)[C@H](CCO)C1CCC(c2ccnc3ccccc23)CC1. The topological polar surface area (TPSA) is 62.2 Å². The number of amides is 1. The first-order valence-electron chi connectivity index (χ1n) is 10.7. The number of benzene rings is 2. The van der Waals surface area contributed by atoms with Crippen molar-refractivity contribution in [3.8, 4) is 0 Å². The maximum Gasteiger partial charge on any atom is 0.227 e. The fourth-order valence-corrected chi connectivity index (χ4v) is 4.92. The summed E-state index contributed by atoms with van der Waals surface area (Å²) >= 11 is 5.93. The van der Waals surface area contributed by atoms with Crippen LogP contribution < -0.4 is 5.32 Å². The van der Waals surface area contributed by atoms with Crippen LogP contribution in [0.2, 0.25) is 5.02 Å². The zero-order chi connectivity index (χ0) is 20.9. The lowest BCUT2D eigenvalue weighted by molar-refractivity contribution is -0.122. The third-order valence-electron chi connectivity index (χ3n) is 6.35. The van der Waals surface area contributed by atoms with Crippen LogP contribution in [0, 0.1) is 11.8 Å². The number of carbonyl (C=O) groups excluding carboxylic acids is 1. The van der Waals surface area contributed by atoms with Gasteiger partial charge >= 0.3 is 0 Å². The van der Waals surface area contributed by atoms with E-state index < -0.39 is 0 Å². The molecule has 1 saturated carbocycles. The predicted molar refractivity (Wildman–Crippen MR) is 122 cm³/mol. The first-order chi connectivity index (χ1) is 14.7. The number of aromatic nitrogens is 1. The predicted octanol–water partition coefficient (Wildman–Crippen LogP) is 5.80. The third-order valence-corrected chi connectivity index (χ3v) is 6.60. The Morgan fingerprint density at radius 1 is 1.07 bits per heavy atom. The fourth-order valence-electron chi connectivity index (χ4n) is 4.79. The Hall–Kier alpha value is -2.43. The first-order valence-corrected chi connectivity index (χ1v) is 11.0. The van der Waals surface area contributed by atoms with E-state index in [2.05, 4.69) is 34.6 Å². The average molecular weight is 423 g/mol. The second-order valence-corrected chi connectivity index (χ2v) is 8.58. The molecule has 0 radical (unpaired) electrons. The minimum atomic E-state index is -0.180. The van der Waals surface area contributed by atoms with E-state index >= 15 is 0 Å². The van der Waals surface area contributed by atoms with Gasteiger partial charge in [0.1, 0.15) is 0 Å². The maximum absolute atomic E-state index is 12.9. The quantitative estimate of drug-likeness (QED) is 0.527. The lowest BCUT2D eigenvalue weighted by atomic mass is 9.72. The number of hydrogen-bond donors (Lipinski definition) is 2. The third kappa shape index (κ3) is 4.66. The number of rotatable bonds is 6. The number of fused-ring (bicyclic) bond motifs is 1. The Balaban J connectivity index is 1.44. The number of nitrogens with zero attached hydrogens (tertiary/aromatic N) is 1. The molecule has 0 spiro atoms. The highest BCUT2D eigenvalue weighted by Crippen LogP contribution is 2.41. The molecule has 1 aliphatic carbocycles. The standard InChI is InChI=1S/C25H27ClN2O2/c26-19-9-11-20(12-10-19)28-25(30)22(14-16-29)18-7-5-17(6-8-18)21-13-15-27-24-4-2-1-3-23(21)24/h1-4,9-13,15,17-18,22,29H,5-8,14,16H2,(H,28,30)/t17?,18?,22-/m1/s1. The molecule has 1 aromatic heterocycles. The van der Waals surface area contributed by atoms with Gasteiger partial charge in [-0.25, -0.2) is 0 Å². The molecule has 1 heterocycles. The molecule has 0 unspecified atom stereocenters. The molecule has 5 heteroatoms. The molecular formula is C25H27ClN2O2. The van der Waals surface area contributed by atoms with Gasteiger partial charge in [0, 0.05) is 34.8 Å². The molecule has 0 aliphatic heterocycles. The van der Waals surface area contributed by atoms with Gasteiger partial charge in [0.05, 0.1) is 5.52 Å². The molecule has 4 rings (SSSR count). The van der Waals surface area contributed by atoms with E-state index in [1.807, 2.05) is 24.4 Å². The van der Waals surface area contributed by atoms with E-state index in [1.165, 1.54) is 10.9 Å². The van der Waals surface area contributed by atoms with Gasteiger partial charge in [0.15, 0.2) is 0 Å². The fraction of sp³-hybridized carbons (Fsp3) is 0.360. The molecule has 1 fully saturated rings. The molecule has 30 heavy (non-hydrogen) atoms. The number of halogens is 1. The number of para-hydroxylation sites is 1. The highest BCUT2D eigenvalue weighted by Gasteiger charge is 2.32. The lowest BCUT2D eigenvalue weighted by Gasteiger charge is -2.33. The number of aliphatic hydroxyl groups is 1. The van der Waals surface area contributed by atoms with E-state index in [-0.39, 0.29) is 24.3 Å². The van der Waals surface area contributed by atoms with Crippen molar-refractivity contribution in [3.63, 3.8) is 0 Å². The molecule has 4 nitrogen and oxygen atoms in total. The first kappa shape index (κ1) is 20.8. The van der Waals surface area contributed by atoms with Crippen LogP contribution in [0.4, 0.5) is 5.69 Å². The molecule has 0 saturated heterocycles. The van der Waals surface area contributed by atoms with Crippen LogP contribution in [0.25, 0.3) is 10.9 Å². The highest BCUT2D eigenvalue weighted by atomic mass is 35.5. The van der Waals surface area contributed by atoms with Gasteiger partial charge in [0.2, 0.25) is 5.91 Å². The van der Waals surface area contributed by atoms with E-state index in [9.17, 15) is 9.90 Å². The Kier molecular flexibility index (Phi) is 6.66. The summed E-state index contributed by atoms with van der Waals surface area (Å²) in [6.07, 6.45) is 6.47. The average Bonchev–Trinajstić information content (AvgIpc) is 2.79. The number of nitrogens with one attached hydrogen (secondary N) is 1. The van der Waals surface area contributed by atoms with Crippen molar-refractivity contribution >= 4 is 34.1 Å². The monoisotopic (exact) mass is 422 g/mol. The van der Waals surface area contributed by atoms with Crippen molar-refractivity contribution in [2.45, 2.75) is 38.0 Å². The van der Waals surface area contributed by atoms with Crippen molar-refractivity contribution in [2.24, 2.45) is 11.8 Å². The zero-order valence-electron chi connectivity index (χ0n) is 16.9. The van der Waals surface area contributed by atoms with E-state index in [1.54, 1.807) is 12.1 Å². The summed E-state index contributed by atoms with van der Waals surface area (Å²) in [5.74, 6) is 0.585. The van der Waals surface area contributed by atoms with Crippen molar-refractivity contribution in [1.82, 2.24) is 4.98 Å². The normalized spacial score (nSPS) is 20.1. The van der Waals surface area contributed by atoms with Gasteiger partial charge in [-0.3, -0.25) is 9.78 Å². The van der Waals surface area contributed by atoms with Crippen LogP contribution in [-0.4, -0.2) is 22.6 Å². The van der Waals surface area contributed by atoms with Crippen molar-refractivity contribution in [1.29, 1.82) is 0 Å². The van der Waals surface area contributed by atoms with E-state index in [4.69, 9.17) is 11.6 Å². The van der Waals surface area contributed by atoms with Gasteiger partial charge in [-0.1, -0.05) is 29.8 Å². The number of pyridine rings is 1. The second kappa shape index (κ2) is 9.59. The van der Waals surface area contributed by atoms with Crippen LogP contribution in [0.15, 0.2) is 60.8 Å². The Bertz CT molecular complexity index is 992. The van der Waals surface area contributed by atoms with Gasteiger partial charge in [0.25, 0.3) is 0 Å². The minimum Gasteiger partial charge on any atom is -0.396 e. The Morgan fingerprint density at radius 2 is 1.80 bits per heavy atom. The number of aliphatic hydroxyl groups excluding tert-OH is 1. The summed E-state index contributed by atoms with van der Waals surface area (Å²) in [7, 11) is 0. The molecule has 0 bridgehead atoms. The Morgan fingerprint density at radius 3 is 2.53 bits per heavy atom. The summed E-state index contributed by atoms with van der Waals surface area (Å²) in [5.41, 5.74) is 3.14. The van der Waals surface area contributed by atoms with Crippen LogP contribution in [0.1, 0.15) is 43.6 Å². The van der Waals surface area contributed by atoms with Gasteiger partial charge in [-0.2, -0.15) is 0 Å². The van der Waals surface area contributed by atoms with Crippen LogP contribution in [0.5, 0.6) is 0 Å². The minimum absolute atomic E-state index is 0.0100. The molecule has 1 aliphatic rings. The summed E-state index contributed by atoms with van der Waals surface area (Å²) in [5, 5.41) is 14.4. The van der Waals surface area contributed by atoms with Crippen LogP contribution >= 0.6 is 11.6 Å². The largest absolute Gasteiger partial charge is 0.396 e. The Labute approximate surface area is 182 Å². The molecule has 1 amide bonds. The molecule has 156 valence electrons. The van der Waals surface area contributed by atoms with Gasteiger partial charge < -0.3 is 10.4 Å². The molecule has 1 atom stereocenters. The van der Waals surface area contributed by atoms with Crippen molar-refractivity contribution < 1.29 is 9.90 Å². The molecular weight excluding hydrogens is 396 g/mol. The van der Waals surface area contributed by atoms with Crippen molar-refractivity contribution in [3.05, 3.63) is 71.4 Å². The summed E-state index contributed by atoms with van der Waals surface area (Å²) < 4.78 is 0. The zero-order valence-corrected chi connectivity index (χ0v) is 17.7. The highest BCUT2D eigenvalue weighted by molar-refractivity contribution is 6.30. The van der Waals surface area contributed by atoms with Gasteiger partial charge in [-0.05, 0) is 85.9 Å². The summed E-state index contributed by atoms with van der Waals surface area (Å²) in [6, 6.07) is 17.6. The molecule has 2 aromatic carbocycles. The summed E-state index contributed by atoms with van der Waals surface area (Å²) in [4.78, 5) is 17.4. The van der Waals surface area contributed by atoms with Gasteiger partial charge in [-0.15, -0.1) is 0 Å². The maximum atomic E-state index is 12.9. The molecule has 2 N–H and O–H groups in total. The molecule has 3 aromatic rings. The smallest absolute Gasteiger partial charge is 0.227 e. The lowest BCUT2D eigenvalue weighted by Crippen LogP contribution is -2.32. The van der Waals surface area contributed by atoms with Crippen LogP contribution in [-0.2, 0) is 4.79 Å². The van der Waals surface area contributed by atoms with Crippen molar-refractivity contribution in [2.75, 3.05) is 11.9 Å².